The Morgan fingerprint density at radius 2 is 2.04 bits per heavy atom. The third kappa shape index (κ3) is 3.93. The zero-order valence-electron chi connectivity index (χ0n) is 14.6. The molecule has 3 rings (SSSR count). The van der Waals surface area contributed by atoms with Crippen molar-refractivity contribution in [3.8, 4) is 0 Å². The molecule has 1 fully saturated rings. The van der Waals surface area contributed by atoms with E-state index >= 15 is 0 Å². The zero-order chi connectivity index (χ0) is 17.5. The van der Waals surface area contributed by atoms with Gasteiger partial charge in [-0.1, -0.05) is 6.92 Å². The van der Waals surface area contributed by atoms with Crippen LogP contribution in [-0.4, -0.2) is 51.2 Å². The molecule has 0 aromatic heterocycles. The van der Waals surface area contributed by atoms with E-state index in [1.165, 1.54) is 10.6 Å². The molecule has 1 amide bonds. The van der Waals surface area contributed by atoms with Gasteiger partial charge in [-0.2, -0.15) is 0 Å². The van der Waals surface area contributed by atoms with Crippen molar-refractivity contribution in [3.63, 3.8) is 0 Å². The van der Waals surface area contributed by atoms with Gasteiger partial charge in [-0.3, -0.25) is 9.10 Å². The van der Waals surface area contributed by atoms with Crippen LogP contribution in [0.5, 0.6) is 0 Å². The van der Waals surface area contributed by atoms with Crippen molar-refractivity contribution < 1.29 is 13.2 Å². The normalized spacial score (nSPS) is 23.2. The predicted molar refractivity (Wildman–Crippen MR) is 102 cm³/mol. The Morgan fingerprint density at radius 1 is 1.32 bits per heavy atom. The number of fused-ring (bicyclic) bond motifs is 1. The molecule has 0 bridgehead atoms. The molecule has 1 saturated heterocycles. The van der Waals surface area contributed by atoms with Crippen LogP contribution in [0.25, 0.3) is 0 Å². The molecule has 0 spiro atoms. The highest BCUT2D eigenvalue weighted by molar-refractivity contribution is 7.92. The number of hydrogen-bond acceptors (Lipinski definition) is 4. The summed E-state index contributed by atoms with van der Waals surface area (Å²) in [4.78, 5) is 14.8. The zero-order valence-corrected chi connectivity index (χ0v) is 16.3. The van der Waals surface area contributed by atoms with Crippen molar-refractivity contribution in [2.24, 2.45) is 11.7 Å². The Kier molecular flexibility index (Phi) is 6.01. The molecule has 0 saturated carbocycles. The first-order valence-corrected chi connectivity index (χ1v) is 10.3. The molecule has 2 atom stereocenters. The number of amides is 1. The Labute approximate surface area is 155 Å². The highest BCUT2D eigenvalue weighted by Crippen LogP contribution is 2.32. The molecule has 140 valence electrons. The fraction of sp³-hybridized carbons (Fsp3) is 0.588. The van der Waals surface area contributed by atoms with E-state index < -0.39 is 10.0 Å². The van der Waals surface area contributed by atoms with Crippen LogP contribution in [0, 0.1) is 5.92 Å². The monoisotopic (exact) mass is 387 g/mol. The predicted octanol–water partition coefficient (Wildman–Crippen LogP) is 1.63. The minimum atomic E-state index is -3.27. The second-order valence-electron chi connectivity index (χ2n) is 6.95. The summed E-state index contributed by atoms with van der Waals surface area (Å²) in [5.41, 5.74) is 8.09. The third-order valence-electron chi connectivity index (χ3n) is 5.09. The van der Waals surface area contributed by atoms with Crippen LogP contribution >= 0.6 is 12.4 Å². The van der Waals surface area contributed by atoms with Gasteiger partial charge in [0.15, 0.2) is 0 Å². The van der Waals surface area contributed by atoms with Gasteiger partial charge < -0.3 is 10.6 Å². The van der Waals surface area contributed by atoms with Crippen molar-refractivity contribution in [3.05, 3.63) is 29.3 Å². The van der Waals surface area contributed by atoms with Crippen molar-refractivity contribution in [1.29, 1.82) is 0 Å². The molecule has 2 N–H and O–H groups in total. The number of piperidine rings is 1. The topological polar surface area (TPSA) is 83.7 Å². The maximum Gasteiger partial charge on any atom is 0.254 e. The van der Waals surface area contributed by atoms with Gasteiger partial charge in [0.25, 0.3) is 5.91 Å². The van der Waals surface area contributed by atoms with Gasteiger partial charge in [0, 0.05) is 31.2 Å². The first kappa shape index (κ1) is 20.0. The number of carbonyl (C=O) groups excluding carboxylic acids is 1. The van der Waals surface area contributed by atoms with Crippen LogP contribution in [0.3, 0.4) is 0 Å². The molecular formula is C17H26ClN3O3S. The first-order valence-electron chi connectivity index (χ1n) is 8.43. The SMILES string of the molecule is CC1CCN(C(=O)c2ccc3c(c2)CCN3S(C)(=O)=O)C(CN)C1.Cl. The lowest BCUT2D eigenvalue weighted by molar-refractivity contribution is 0.0573. The second kappa shape index (κ2) is 7.51. The van der Waals surface area contributed by atoms with Crippen molar-refractivity contribution >= 4 is 34.0 Å². The van der Waals surface area contributed by atoms with E-state index in [4.69, 9.17) is 5.73 Å². The first-order chi connectivity index (χ1) is 11.3. The number of hydrogen-bond donors (Lipinski definition) is 1. The number of likely N-dealkylation sites (tertiary alicyclic amines) is 1. The number of benzene rings is 1. The minimum Gasteiger partial charge on any atom is -0.334 e. The Bertz CT molecular complexity index is 754. The number of anilines is 1. The molecule has 0 radical (unpaired) electrons. The highest BCUT2D eigenvalue weighted by Gasteiger charge is 2.31. The maximum absolute atomic E-state index is 12.9. The highest BCUT2D eigenvalue weighted by atomic mass is 35.5. The van der Waals surface area contributed by atoms with Crippen LogP contribution in [0.15, 0.2) is 18.2 Å². The number of nitrogens with two attached hydrogens (primary N) is 1. The van der Waals surface area contributed by atoms with E-state index in [0.29, 0.717) is 36.7 Å². The summed E-state index contributed by atoms with van der Waals surface area (Å²) in [5, 5.41) is 0. The Balaban J connectivity index is 0.00000225. The number of rotatable bonds is 3. The summed E-state index contributed by atoms with van der Waals surface area (Å²) in [6.45, 7) is 3.84. The molecule has 2 aliphatic rings. The summed E-state index contributed by atoms with van der Waals surface area (Å²) >= 11 is 0. The van der Waals surface area contributed by atoms with E-state index in [-0.39, 0.29) is 24.4 Å². The lowest BCUT2D eigenvalue weighted by atomic mass is 9.91. The molecule has 1 aromatic rings. The van der Waals surface area contributed by atoms with Crippen LogP contribution in [0.2, 0.25) is 0 Å². The number of nitrogens with zero attached hydrogens (tertiary/aromatic N) is 2. The Morgan fingerprint density at radius 3 is 2.68 bits per heavy atom. The molecular weight excluding hydrogens is 362 g/mol. The molecule has 25 heavy (non-hydrogen) atoms. The number of sulfonamides is 1. The van der Waals surface area contributed by atoms with E-state index in [0.717, 1.165) is 24.9 Å². The van der Waals surface area contributed by atoms with Gasteiger partial charge in [-0.15, -0.1) is 12.4 Å². The maximum atomic E-state index is 12.9. The van der Waals surface area contributed by atoms with Crippen molar-refractivity contribution in [2.45, 2.75) is 32.2 Å². The average Bonchev–Trinajstić information content (AvgIpc) is 2.97. The molecule has 2 unspecified atom stereocenters. The molecule has 6 nitrogen and oxygen atoms in total. The molecule has 8 heteroatoms. The van der Waals surface area contributed by atoms with Crippen LogP contribution in [0.1, 0.15) is 35.7 Å². The van der Waals surface area contributed by atoms with E-state index in [1.807, 2.05) is 11.0 Å². The minimum absolute atomic E-state index is 0. The van der Waals surface area contributed by atoms with Crippen LogP contribution in [-0.2, 0) is 16.4 Å². The molecule has 2 heterocycles. The summed E-state index contributed by atoms with van der Waals surface area (Å²) < 4.78 is 25.0. The summed E-state index contributed by atoms with van der Waals surface area (Å²) in [6, 6.07) is 5.41. The van der Waals surface area contributed by atoms with E-state index in [2.05, 4.69) is 6.92 Å². The average molecular weight is 388 g/mol. The fourth-order valence-electron chi connectivity index (χ4n) is 3.76. The van der Waals surface area contributed by atoms with Gasteiger partial charge in [0.05, 0.1) is 11.9 Å². The quantitative estimate of drug-likeness (QED) is 0.854. The molecule has 2 aliphatic heterocycles. The molecule has 1 aromatic carbocycles. The summed E-state index contributed by atoms with van der Waals surface area (Å²) in [6.07, 6.45) is 3.78. The number of carbonyl (C=O) groups is 1. The lowest BCUT2D eigenvalue weighted by Gasteiger charge is -2.38. The van der Waals surface area contributed by atoms with Crippen molar-refractivity contribution in [2.75, 3.05) is 30.2 Å². The lowest BCUT2D eigenvalue weighted by Crippen LogP contribution is -2.49. The fourth-order valence-corrected chi connectivity index (χ4v) is 4.72. The second-order valence-corrected chi connectivity index (χ2v) is 8.85. The van der Waals surface area contributed by atoms with E-state index in [1.54, 1.807) is 12.1 Å². The van der Waals surface area contributed by atoms with Crippen molar-refractivity contribution in [1.82, 2.24) is 4.90 Å². The van der Waals surface area contributed by atoms with E-state index in [9.17, 15) is 13.2 Å². The summed E-state index contributed by atoms with van der Waals surface area (Å²) in [7, 11) is -3.27. The smallest absolute Gasteiger partial charge is 0.254 e. The van der Waals surface area contributed by atoms with Gasteiger partial charge in [0.2, 0.25) is 10.0 Å². The Hall–Kier alpha value is -1.31. The largest absolute Gasteiger partial charge is 0.334 e. The van der Waals surface area contributed by atoms with Gasteiger partial charge >= 0.3 is 0 Å². The third-order valence-corrected chi connectivity index (χ3v) is 6.27. The number of halogens is 1. The van der Waals surface area contributed by atoms with Crippen LogP contribution < -0.4 is 10.0 Å². The van der Waals surface area contributed by atoms with Crippen LogP contribution in [0.4, 0.5) is 5.69 Å². The summed E-state index contributed by atoms with van der Waals surface area (Å²) in [5.74, 6) is 0.587. The standard InChI is InChI=1S/C17H25N3O3S.ClH/c1-12-5-7-19(15(9-12)11-18)17(21)14-3-4-16-13(10-14)6-8-20(16)24(2,22)23;/h3-4,10,12,15H,5-9,11,18H2,1-2H3;1H. The molecule has 0 aliphatic carbocycles. The van der Waals surface area contributed by atoms with Gasteiger partial charge in [0.1, 0.15) is 0 Å². The van der Waals surface area contributed by atoms with Gasteiger partial charge in [-0.05, 0) is 48.9 Å². The van der Waals surface area contributed by atoms with Gasteiger partial charge in [-0.25, -0.2) is 8.42 Å².